The number of hydrogen-bond acceptors (Lipinski definition) is 4. The molecule has 0 bridgehead atoms. The van der Waals surface area contributed by atoms with Crippen LogP contribution in [0.3, 0.4) is 0 Å². The van der Waals surface area contributed by atoms with Gasteiger partial charge in [0.15, 0.2) is 0 Å². The van der Waals surface area contributed by atoms with Gasteiger partial charge in [0.25, 0.3) is 0 Å². The Morgan fingerprint density at radius 1 is 1.13 bits per heavy atom. The molecule has 0 saturated carbocycles. The highest BCUT2D eigenvalue weighted by Crippen LogP contribution is 2.19. The maximum atomic E-state index is 12.5. The van der Waals surface area contributed by atoms with Crippen LogP contribution >= 0.6 is 0 Å². The Hall–Kier alpha value is -3.19. The molecule has 0 radical (unpaired) electrons. The van der Waals surface area contributed by atoms with Gasteiger partial charge in [-0.2, -0.15) is 0 Å². The van der Waals surface area contributed by atoms with Crippen molar-refractivity contribution < 1.29 is 9.59 Å². The van der Waals surface area contributed by atoms with E-state index in [0.717, 1.165) is 24.9 Å². The molecule has 2 aromatic rings. The maximum Gasteiger partial charge on any atom is 0.242 e. The van der Waals surface area contributed by atoms with E-state index in [1.54, 1.807) is 19.1 Å². The minimum Gasteiger partial charge on any atom is -0.384 e. The Balaban J connectivity index is 1.42. The smallest absolute Gasteiger partial charge is 0.242 e. The summed E-state index contributed by atoms with van der Waals surface area (Å²) in [6.07, 6.45) is 1.70. The van der Waals surface area contributed by atoms with E-state index in [2.05, 4.69) is 28.1 Å². The van der Waals surface area contributed by atoms with E-state index in [1.165, 1.54) is 5.56 Å². The maximum absolute atomic E-state index is 12.5. The van der Waals surface area contributed by atoms with Crippen molar-refractivity contribution in [1.29, 1.82) is 5.41 Å². The van der Waals surface area contributed by atoms with E-state index < -0.39 is 6.04 Å². The van der Waals surface area contributed by atoms with Gasteiger partial charge in [0, 0.05) is 12.1 Å². The van der Waals surface area contributed by atoms with Crippen LogP contribution in [-0.2, 0) is 22.6 Å². The lowest BCUT2D eigenvalue weighted by Crippen LogP contribution is -2.49. The van der Waals surface area contributed by atoms with Gasteiger partial charge >= 0.3 is 0 Å². The quantitative estimate of drug-likeness (QED) is 0.335. The number of rotatable bonds is 8. The van der Waals surface area contributed by atoms with Gasteiger partial charge < -0.3 is 21.7 Å². The van der Waals surface area contributed by atoms with E-state index in [-0.39, 0.29) is 23.7 Å². The Kier molecular flexibility index (Phi) is 7.19. The molecule has 3 rings (SSSR count). The number of amidine groups is 1. The second kappa shape index (κ2) is 10.0. The van der Waals surface area contributed by atoms with Crippen molar-refractivity contribution in [2.24, 2.45) is 11.7 Å². The normalized spacial score (nSPS) is 19.1. The molecule has 1 aliphatic rings. The Morgan fingerprint density at radius 2 is 1.83 bits per heavy atom. The third-order valence-electron chi connectivity index (χ3n) is 5.39. The lowest BCUT2D eigenvalue weighted by Gasteiger charge is -2.17. The predicted molar refractivity (Wildman–Crippen MR) is 117 cm³/mol. The van der Waals surface area contributed by atoms with Gasteiger partial charge in [0.2, 0.25) is 11.8 Å². The fourth-order valence-electron chi connectivity index (χ4n) is 3.64. The number of nitrogen functional groups attached to an aromatic ring is 1. The highest BCUT2D eigenvalue weighted by atomic mass is 16.2. The van der Waals surface area contributed by atoms with E-state index in [0.29, 0.717) is 18.0 Å². The number of hydrogen-bond donors (Lipinski definition) is 5. The second-order valence-electron chi connectivity index (χ2n) is 7.81. The average molecular weight is 408 g/mol. The summed E-state index contributed by atoms with van der Waals surface area (Å²) in [5.41, 5.74) is 8.25. The van der Waals surface area contributed by atoms with Crippen LogP contribution in [0.1, 0.15) is 30.0 Å². The molecular weight excluding hydrogens is 378 g/mol. The molecule has 6 N–H and O–H groups in total. The molecule has 0 spiro atoms. The zero-order chi connectivity index (χ0) is 21.5. The van der Waals surface area contributed by atoms with Crippen LogP contribution in [0.15, 0.2) is 54.6 Å². The summed E-state index contributed by atoms with van der Waals surface area (Å²) in [6, 6.07) is 16.5. The zero-order valence-corrected chi connectivity index (χ0v) is 17.2. The molecule has 3 atom stereocenters. The van der Waals surface area contributed by atoms with E-state index >= 15 is 0 Å². The molecular formula is C23H29N5O2. The average Bonchev–Trinajstić information content (AvgIpc) is 3.21. The van der Waals surface area contributed by atoms with Gasteiger partial charge in [-0.05, 0) is 43.4 Å². The van der Waals surface area contributed by atoms with Crippen LogP contribution < -0.4 is 21.7 Å². The lowest BCUT2D eigenvalue weighted by atomic mass is 9.96. The number of amides is 2. The molecule has 7 nitrogen and oxygen atoms in total. The van der Waals surface area contributed by atoms with E-state index in [1.807, 2.05) is 30.3 Å². The van der Waals surface area contributed by atoms with Crippen LogP contribution in [0.25, 0.3) is 0 Å². The predicted octanol–water partition coefficient (Wildman–Crippen LogP) is 1.31. The van der Waals surface area contributed by atoms with Crippen LogP contribution in [0.5, 0.6) is 0 Å². The number of carbonyl (C=O) groups excluding carboxylic acids is 2. The molecule has 0 aromatic heterocycles. The SMILES string of the molecule is C[C@H](NC(=O)[C@@H]1C[C@@H](Cc2ccccc2)CN1)C(=O)NCc1ccc(C(=N)N)cc1. The molecule has 1 saturated heterocycles. The molecule has 158 valence electrons. The topological polar surface area (TPSA) is 120 Å². The fourth-order valence-corrected chi connectivity index (χ4v) is 3.64. The monoisotopic (exact) mass is 407 g/mol. The summed E-state index contributed by atoms with van der Waals surface area (Å²) in [5, 5.41) is 16.3. The Morgan fingerprint density at radius 3 is 2.50 bits per heavy atom. The third-order valence-corrected chi connectivity index (χ3v) is 5.39. The van der Waals surface area contributed by atoms with Crippen molar-refractivity contribution in [1.82, 2.24) is 16.0 Å². The van der Waals surface area contributed by atoms with Crippen LogP contribution in [0.4, 0.5) is 0 Å². The van der Waals surface area contributed by atoms with E-state index in [4.69, 9.17) is 11.1 Å². The van der Waals surface area contributed by atoms with Gasteiger partial charge in [-0.15, -0.1) is 0 Å². The summed E-state index contributed by atoms with van der Waals surface area (Å²) < 4.78 is 0. The summed E-state index contributed by atoms with van der Waals surface area (Å²) in [6.45, 7) is 2.82. The van der Waals surface area contributed by atoms with Crippen LogP contribution in [-0.4, -0.2) is 36.3 Å². The zero-order valence-electron chi connectivity index (χ0n) is 17.2. The largest absolute Gasteiger partial charge is 0.384 e. The van der Waals surface area contributed by atoms with Crippen molar-refractivity contribution in [3.8, 4) is 0 Å². The van der Waals surface area contributed by atoms with E-state index in [9.17, 15) is 9.59 Å². The summed E-state index contributed by atoms with van der Waals surface area (Å²) in [7, 11) is 0. The van der Waals surface area contributed by atoms with Gasteiger partial charge in [0.1, 0.15) is 11.9 Å². The molecule has 1 aliphatic heterocycles. The number of nitrogens with two attached hydrogens (primary N) is 1. The first-order chi connectivity index (χ1) is 14.4. The van der Waals surface area contributed by atoms with Crippen molar-refractivity contribution in [2.45, 2.75) is 38.4 Å². The minimum atomic E-state index is -0.621. The molecule has 1 heterocycles. The van der Waals surface area contributed by atoms with Crippen molar-refractivity contribution in [3.63, 3.8) is 0 Å². The van der Waals surface area contributed by atoms with Gasteiger partial charge in [0.05, 0.1) is 6.04 Å². The first-order valence-corrected chi connectivity index (χ1v) is 10.2. The number of nitrogens with one attached hydrogen (secondary N) is 4. The first-order valence-electron chi connectivity index (χ1n) is 10.2. The van der Waals surface area contributed by atoms with Gasteiger partial charge in [-0.1, -0.05) is 54.6 Å². The minimum absolute atomic E-state index is 0.00782. The molecule has 0 aliphatic carbocycles. The Bertz CT molecular complexity index is 882. The molecule has 7 heteroatoms. The van der Waals surface area contributed by atoms with Crippen molar-refractivity contribution in [2.75, 3.05) is 6.54 Å². The van der Waals surface area contributed by atoms with Crippen LogP contribution in [0.2, 0.25) is 0 Å². The lowest BCUT2D eigenvalue weighted by molar-refractivity contribution is -0.129. The molecule has 2 aromatic carbocycles. The fraction of sp³-hybridized carbons (Fsp3) is 0.348. The van der Waals surface area contributed by atoms with Crippen LogP contribution in [0, 0.1) is 11.3 Å². The third kappa shape index (κ3) is 5.90. The highest BCUT2D eigenvalue weighted by Gasteiger charge is 2.30. The Labute approximate surface area is 176 Å². The summed E-state index contributed by atoms with van der Waals surface area (Å²) in [5.74, 6) is 0.0376. The number of benzene rings is 2. The molecule has 2 amide bonds. The van der Waals surface area contributed by atoms with Crippen molar-refractivity contribution >= 4 is 17.6 Å². The first kappa shape index (κ1) is 21.5. The van der Waals surface area contributed by atoms with Gasteiger partial charge in [-0.3, -0.25) is 15.0 Å². The molecule has 1 fully saturated rings. The van der Waals surface area contributed by atoms with Gasteiger partial charge in [-0.25, -0.2) is 0 Å². The molecule has 0 unspecified atom stereocenters. The standard InChI is InChI=1S/C23H29N5O2/c1-15(22(29)27-13-17-7-9-19(10-8-17)21(24)25)28-23(30)20-12-18(14-26-20)11-16-5-3-2-4-6-16/h2-10,15,18,20,26H,11-14H2,1H3,(H3,24,25)(H,27,29)(H,28,30)/t15-,18+,20-/m0/s1. The second-order valence-corrected chi connectivity index (χ2v) is 7.81. The number of carbonyl (C=O) groups is 2. The molecule has 30 heavy (non-hydrogen) atoms. The summed E-state index contributed by atoms with van der Waals surface area (Å²) >= 11 is 0. The highest BCUT2D eigenvalue weighted by molar-refractivity contribution is 5.95. The summed E-state index contributed by atoms with van der Waals surface area (Å²) in [4.78, 5) is 24.9. The van der Waals surface area contributed by atoms with Crippen molar-refractivity contribution in [3.05, 3.63) is 71.3 Å².